The average Bonchev–Trinajstić information content (AvgIpc) is 3.19. The highest BCUT2D eigenvalue weighted by atomic mass is 16.8. The van der Waals surface area contributed by atoms with Crippen molar-refractivity contribution in [2.45, 2.75) is 38.7 Å². The summed E-state index contributed by atoms with van der Waals surface area (Å²) >= 11 is 0. The first-order valence-corrected chi connectivity index (χ1v) is 6.85. The van der Waals surface area contributed by atoms with Gasteiger partial charge in [-0.3, -0.25) is 9.59 Å². The second-order valence-corrected chi connectivity index (χ2v) is 5.10. The monoisotopic (exact) mass is 275 g/mol. The van der Waals surface area contributed by atoms with Gasteiger partial charge in [0, 0.05) is 18.2 Å². The Labute approximate surface area is 116 Å². The van der Waals surface area contributed by atoms with E-state index in [4.69, 9.17) is 9.47 Å². The van der Waals surface area contributed by atoms with E-state index in [1.807, 2.05) is 26.0 Å². The van der Waals surface area contributed by atoms with Gasteiger partial charge in [-0.1, -0.05) is 6.08 Å². The van der Waals surface area contributed by atoms with Crippen LogP contribution in [0.3, 0.4) is 0 Å². The lowest BCUT2D eigenvalue weighted by Gasteiger charge is -2.22. The van der Waals surface area contributed by atoms with Crippen LogP contribution in [-0.4, -0.2) is 23.8 Å². The fraction of sp³-hybridized carbons (Fsp3) is 0.467. The molecule has 0 spiro atoms. The maximum atomic E-state index is 12.6. The Morgan fingerprint density at radius 2 is 2.35 bits per heavy atom. The van der Waals surface area contributed by atoms with Crippen LogP contribution < -0.4 is 5.56 Å². The molecule has 1 aromatic rings. The van der Waals surface area contributed by atoms with Gasteiger partial charge in [0.2, 0.25) is 0 Å². The number of hydrogen-bond donors (Lipinski definition) is 0. The number of carbonyl (C=O) groups is 1. The lowest BCUT2D eigenvalue weighted by molar-refractivity contribution is 0.0593. The molecular formula is C15H17NO4. The van der Waals surface area contributed by atoms with E-state index in [-0.39, 0.29) is 24.0 Å². The minimum absolute atomic E-state index is 0.0467. The van der Waals surface area contributed by atoms with Crippen molar-refractivity contribution in [2.75, 3.05) is 6.61 Å². The van der Waals surface area contributed by atoms with Crippen molar-refractivity contribution < 1.29 is 14.3 Å². The van der Waals surface area contributed by atoms with E-state index in [1.54, 1.807) is 10.6 Å². The second kappa shape index (κ2) is 5.00. The Hall–Kier alpha value is -1.72. The van der Waals surface area contributed by atoms with Crippen molar-refractivity contribution in [3.05, 3.63) is 39.3 Å². The molecule has 3 unspecified atom stereocenters. The summed E-state index contributed by atoms with van der Waals surface area (Å²) in [6, 6.07) is 1.68. The van der Waals surface area contributed by atoms with Crippen molar-refractivity contribution in [3.63, 3.8) is 0 Å². The first kappa shape index (κ1) is 13.3. The van der Waals surface area contributed by atoms with Crippen molar-refractivity contribution in [1.29, 1.82) is 0 Å². The van der Waals surface area contributed by atoms with E-state index < -0.39 is 0 Å². The van der Waals surface area contributed by atoms with Crippen LogP contribution in [0.1, 0.15) is 54.0 Å². The number of nitrogens with zero attached hydrogens (tertiary/aromatic N) is 1. The first-order valence-electron chi connectivity index (χ1n) is 6.85. The first-order chi connectivity index (χ1) is 9.67. The highest BCUT2D eigenvalue weighted by molar-refractivity contribution is 5.81. The van der Waals surface area contributed by atoms with Crippen LogP contribution in [0.15, 0.2) is 16.9 Å². The van der Waals surface area contributed by atoms with Crippen LogP contribution in [0.25, 0.3) is 6.08 Å². The zero-order chi connectivity index (χ0) is 14.3. The number of allylic oxidation sites excluding steroid dienone is 1. The Kier molecular flexibility index (Phi) is 3.31. The summed E-state index contributed by atoms with van der Waals surface area (Å²) in [5, 5.41) is 0. The minimum atomic E-state index is -0.361. The molecule has 1 aromatic heterocycles. The summed E-state index contributed by atoms with van der Waals surface area (Å²) in [7, 11) is 0. The van der Waals surface area contributed by atoms with Crippen molar-refractivity contribution in [1.82, 2.24) is 4.57 Å². The largest absolute Gasteiger partial charge is 0.350 e. The molecule has 3 atom stereocenters. The number of aromatic nitrogens is 1. The standard InChI is InChI=1S/C15H17NO4/c1-3-19-15-13(20-15)11-7-10(8-17)12-6-4-5-9(2)16(12)14(11)18/h4,6-9,13,15H,3,5H2,1-2H3. The summed E-state index contributed by atoms with van der Waals surface area (Å²) in [4.78, 5) is 23.9. The van der Waals surface area contributed by atoms with Gasteiger partial charge in [-0.15, -0.1) is 0 Å². The van der Waals surface area contributed by atoms with E-state index >= 15 is 0 Å². The quantitative estimate of drug-likeness (QED) is 0.623. The molecule has 3 rings (SSSR count). The molecule has 0 aliphatic carbocycles. The Balaban J connectivity index is 2.09. The molecule has 1 saturated heterocycles. The van der Waals surface area contributed by atoms with Crippen molar-refractivity contribution >= 4 is 12.4 Å². The van der Waals surface area contributed by atoms with Gasteiger partial charge in [0.1, 0.15) is 6.10 Å². The predicted molar refractivity (Wildman–Crippen MR) is 73.7 cm³/mol. The van der Waals surface area contributed by atoms with Crippen LogP contribution in [0, 0.1) is 0 Å². The van der Waals surface area contributed by atoms with Crippen molar-refractivity contribution in [3.8, 4) is 0 Å². The smallest absolute Gasteiger partial charge is 0.257 e. The SMILES string of the molecule is CCOC1OC1c1cc(C=O)c2n(c1=O)C(C)CC=C2. The number of pyridine rings is 1. The molecule has 0 bridgehead atoms. The molecule has 0 amide bonds. The predicted octanol–water partition coefficient (Wildman–Crippen LogP) is 2.07. The third-order valence-electron chi connectivity index (χ3n) is 3.74. The van der Waals surface area contributed by atoms with Gasteiger partial charge in [-0.25, -0.2) is 0 Å². The van der Waals surface area contributed by atoms with Gasteiger partial charge in [-0.05, 0) is 32.4 Å². The summed E-state index contributed by atoms with van der Waals surface area (Å²) in [6.45, 7) is 4.38. The molecule has 106 valence electrons. The third-order valence-corrected chi connectivity index (χ3v) is 3.74. The van der Waals surface area contributed by atoms with Gasteiger partial charge < -0.3 is 14.0 Å². The van der Waals surface area contributed by atoms with E-state index in [2.05, 4.69) is 0 Å². The van der Waals surface area contributed by atoms with E-state index in [9.17, 15) is 9.59 Å². The van der Waals surface area contributed by atoms with Crippen LogP contribution in [0.4, 0.5) is 0 Å². The molecule has 0 saturated carbocycles. The molecule has 0 radical (unpaired) electrons. The zero-order valence-electron chi connectivity index (χ0n) is 11.5. The van der Waals surface area contributed by atoms with Crippen LogP contribution in [0.2, 0.25) is 0 Å². The lowest BCUT2D eigenvalue weighted by atomic mass is 10.0. The molecule has 1 fully saturated rings. The fourth-order valence-electron chi connectivity index (χ4n) is 2.70. The highest BCUT2D eigenvalue weighted by Gasteiger charge is 2.43. The van der Waals surface area contributed by atoms with E-state index in [1.165, 1.54) is 0 Å². The molecule has 3 heterocycles. The third kappa shape index (κ3) is 2.03. The average molecular weight is 275 g/mol. The van der Waals surface area contributed by atoms with Gasteiger partial charge in [0.05, 0.1) is 11.3 Å². The zero-order valence-corrected chi connectivity index (χ0v) is 11.5. The number of fused-ring (bicyclic) bond motifs is 1. The van der Waals surface area contributed by atoms with Gasteiger partial charge in [-0.2, -0.15) is 0 Å². The number of aldehydes is 1. The Morgan fingerprint density at radius 1 is 1.55 bits per heavy atom. The van der Waals surface area contributed by atoms with E-state index in [0.29, 0.717) is 23.4 Å². The number of epoxide rings is 1. The summed E-state index contributed by atoms with van der Waals surface area (Å²) in [6.07, 6.45) is 4.69. The maximum absolute atomic E-state index is 12.6. The second-order valence-electron chi connectivity index (χ2n) is 5.10. The lowest BCUT2D eigenvalue weighted by Crippen LogP contribution is -2.30. The fourth-order valence-corrected chi connectivity index (χ4v) is 2.70. The van der Waals surface area contributed by atoms with Crippen LogP contribution in [0.5, 0.6) is 0 Å². The highest BCUT2D eigenvalue weighted by Crippen LogP contribution is 2.38. The van der Waals surface area contributed by atoms with Crippen LogP contribution >= 0.6 is 0 Å². The molecule has 2 aliphatic rings. The Morgan fingerprint density at radius 3 is 3.05 bits per heavy atom. The molecule has 20 heavy (non-hydrogen) atoms. The number of ether oxygens (including phenoxy) is 2. The molecular weight excluding hydrogens is 258 g/mol. The number of hydrogen-bond acceptors (Lipinski definition) is 4. The number of rotatable bonds is 4. The van der Waals surface area contributed by atoms with Gasteiger partial charge in [0.15, 0.2) is 12.6 Å². The van der Waals surface area contributed by atoms with Crippen LogP contribution in [-0.2, 0) is 9.47 Å². The van der Waals surface area contributed by atoms with Gasteiger partial charge in [0.25, 0.3) is 5.56 Å². The summed E-state index contributed by atoms with van der Waals surface area (Å²) < 4.78 is 12.4. The van der Waals surface area contributed by atoms with Crippen molar-refractivity contribution in [2.24, 2.45) is 0 Å². The molecule has 0 aromatic carbocycles. The molecule has 0 N–H and O–H groups in total. The minimum Gasteiger partial charge on any atom is -0.350 e. The molecule has 2 aliphatic heterocycles. The van der Waals surface area contributed by atoms with Gasteiger partial charge >= 0.3 is 0 Å². The normalized spacial score (nSPS) is 27.2. The Bertz CT molecular complexity index is 631. The molecule has 5 heteroatoms. The number of carbonyl (C=O) groups excluding carboxylic acids is 1. The molecule has 5 nitrogen and oxygen atoms in total. The van der Waals surface area contributed by atoms with E-state index in [0.717, 1.165) is 12.7 Å². The summed E-state index contributed by atoms with van der Waals surface area (Å²) in [5.41, 5.74) is 1.63. The topological polar surface area (TPSA) is 60.8 Å². The maximum Gasteiger partial charge on any atom is 0.257 e. The summed E-state index contributed by atoms with van der Waals surface area (Å²) in [5.74, 6) is 0.